The summed E-state index contributed by atoms with van der Waals surface area (Å²) in [6.07, 6.45) is 5.29. The minimum Gasteiger partial charge on any atom is -0.306 e. The quantitative estimate of drug-likeness (QED) is 0.512. The molecule has 1 saturated carbocycles. The van der Waals surface area contributed by atoms with E-state index in [1.54, 1.807) is 0 Å². The highest BCUT2D eigenvalue weighted by Crippen LogP contribution is 2.50. The number of nitrogens with zero attached hydrogens (tertiary/aromatic N) is 1. The molecule has 3 atom stereocenters. The van der Waals surface area contributed by atoms with Crippen LogP contribution in [0.3, 0.4) is 0 Å². The Bertz CT molecular complexity index is 191. The van der Waals surface area contributed by atoms with E-state index in [1.807, 2.05) is 0 Å². The molecule has 0 aromatic carbocycles. The molecular weight excluding hydrogens is 157 g/mol. The van der Waals surface area contributed by atoms with Gasteiger partial charge in [-0.15, -0.1) is 0 Å². The van der Waals surface area contributed by atoms with Crippen LogP contribution in [0.2, 0.25) is 5.31 Å². The number of piperidine rings is 1. The molecule has 0 aromatic heterocycles. The number of fused-ring (bicyclic) bond motifs is 1. The first kappa shape index (κ1) is 9.58. The number of hydrogen-bond donors (Lipinski definition) is 0. The predicted molar refractivity (Wildman–Crippen MR) is 57.1 cm³/mol. The van der Waals surface area contributed by atoms with Gasteiger partial charge in [0.15, 0.2) is 0 Å². The van der Waals surface area contributed by atoms with Gasteiger partial charge in [-0.05, 0) is 38.3 Å². The Morgan fingerprint density at radius 3 is 2.92 bits per heavy atom. The zero-order valence-electron chi connectivity index (χ0n) is 8.92. The third-order valence-electron chi connectivity index (χ3n) is 4.07. The Morgan fingerprint density at radius 1 is 1.38 bits per heavy atom. The summed E-state index contributed by atoms with van der Waals surface area (Å²) in [6, 6.07) is 0. The zero-order valence-corrected chi connectivity index (χ0v) is 8.92. The van der Waals surface area contributed by atoms with Crippen molar-refractivity contribution in [2.75, 3.05) is 20.1 Å². The zero-order chi connectivity index (χ0) is 9.47. The maximum Gasteiger partial charge on any atom is 0.0746 e. The van der Waals surface area contributed by atoms with E-state index in [9.17, 15) is 0 Å². The van der Waals surface area contributed by atoms with Gasteiger partial charge in [-0.25, -0.2) is 0 Å². The minimum absolute atomic E-state index is 0.129. The third kappa shape index (κ3) is 1.78. The lowest BCUT2D eigenvalue weighted by Gasteiger charge is -2.49. The fraction of sp³-hybridized carbons (Fsp3) is 1.00. The molecule has 2 fully saturated rings. The van der Waals surface area contributed by atoms with Gasteiger partial charge in [0.05, 0.1) is 7.85 Å². The first-order valence-corrected chi connectivity index (χ1v) is 5.57. The molecule has 2 aliphatic rings. The van der Waals surface area contributed by atoms with Crippen molar-refractivity contribution in [2.45, 2.75) is 37.9 Å². The molecule has 1 aliphatic carbocycles. The summed E-state index contributed by atoms with van der Waals surface area (Å²) in [4.78, 5) is 2.46. The smallest absolute Gasteiger partial charge is 0.0746 e. The van der Waals surface area contributed by atoms with E-state index in [2.05, 4.69) is 18.9 Å². The van der Waals surface area contributed by atoms with E-state index in [4.69, 9.17) is 7.85 Å². The molecule has 0 aromatic rings. The molecule has 1 nitrogen and oxygen atoms in total. The van der Waals surface area contributed by atoms with Crippen LogP contribution in [-0.4, -0.2) is 32.9 Å². The molecule has 3 unspecified atom stereocenters. The molecule has 0 N–H and O–H groups in total. The van der Waals surface area contributed by atoms with Crippen molar-refractivity contribution in [3.05, 3.63) is 0 Å². The Labute approximate surface area is 83.3 Å². The van der Waals surface area contributed by atoms with Crippen LogP contribution < -0.4 is 0 Å². The summed E-state index contributed by atoms with van der Waals surface area (Å²) in [6.45, 7) is 4.78. The Morgan fingerprint density at radius 2 is 2.15 bits per heavy atom. The average Bonchev–Trinajstić information content (AvgIpc) is 2.02. The van der Waals surface area contributed by atoms with Gasteiger partial charge >= 0.3 is 0 Å². The van der Waals surface area contributed by atoms with Crippen LogP contribution in [0.4, 0.5) is 0 Å². The molecule has 1 saturated heterocycles. The predicted octanol–water partition coefficient (Wildman–Crippen LogP) is 2.09. The van der Waals surface area contributed by atoms with Crippen molar-refractivity contribution in [2.24, 2.45) is 11.8 Å². The maximum atomic E-state index is 6.36. The van der Waals surface area contributed by atoms with Crippen LogP contribution in [-0.2, 0) is 0 Å². The Hall–Kier alpha value is 0.0249. The van der Waals surface area contributed by atoms with Crippen LogP contribution in [0.5, 0.6) is 0 Å². The van der Waals surface area contributed by atoms with Gasteiger partial charge in [-0.1, -0.05) is 25.1 Å². The summed E-state index contributed by atoms with van der Waals surface area (Å²) in [5.74, 6) is 1.67. The van der Waals surface area contributed by atoms with Crippen LogP contribution in [0.1, 0.15) is 32.6 Å². The van der Waals surface area contributed by atoms with Crippen molar-refractivity contribution >= 4 is 7.85 Å². The largest absolute Gasteiger partial charge is 0.306 e. The SMILES string of the molecule is [B]C1(C)CCCC2CN(C)CCC21. The van der Waals surface area contributed by atoms with Gasteiger partial charge in [0.1, 0.15) is 0 Å². The monoisotopic (exact) mass is 177 g/mol. The highest BCUT2D eigenvalue weighted by molar-refractivity contribution is 6.15. The van der Waals surface area contributed by atoms with Gasteiger partial charge in [0.2, 0.25) is 0 Å². The van der Waals surface area contributed by atoms with Crippen molar-refractivity contribution in [3.8, 4) is 0 Å². The van der Waals surface area contributed by atoms with Gasteiger partial charge in [0.25, 0.3) is 0 Å². The summed E-state index contributed by atoms with van der Waals surface area (Å²) in [5.41, 5.74) is 0. The van der Waals surface area contributed by atoms with Gasteiger partial charge in [-0.3, -0.25) is 0 Å². The van der Waals surface area contributed by atoms with Gasteiger partial charge in [0, 0.05) is 6.54 Å². The molecule has 0 bridgehead atoms. The van der Waals surface area contributed by atoms with Gasteiger partial charge in [-0.2, -0.15) is 0 Å². The van der Waals surface area contributed by atoms with Crippen molar-refractivity contribution < 1.29 is 0 Å². The summed E-state index contributed by atoms with van der Waals surface area (Å²) in [5, 5.41) is 0.129. The highest BCUT2D eigenvalue weighted by atomic mass is 15.1. The first-order chi connectivity index (χ1) is 6.09. The van der Waals surface area contributed by atoms with E-state index in [0.717, 1.165) is 11.8 Å². The van der Waals surface area contributed by atoms with Crippen LogP contribution in [0.15, 0.2) is 0 Å². The van der Waals surface area contributed by atoms with Gasteiger partial charge < -0.3 is 4.90 Å². The summed E-state index contributed by atoms with van der Waals surface area (Å²) in [7, 11) is 8.59. The maximum absolute atomic E-state index is 6.36. The minimum atomic E-state index is 0.129. The molecule has 13 heavy (non-hydrogen) atoms. The standard InChI is InChI=1S/C11H20BN/c1-11(12)6-3-4-9-8-13(2)7-5-10(9)11/h9-10H,3-8H2,1-2H3. The Kier molecular flexibility index (Phi) is 2.44. The van der Waals surface area contributed by atoms with E-state index in [-0.39, 0.29) is 5.31 Å². The lowest BCUT2D eigenvalue weighted by atomic mass is 9.51. The molecule has 2 heteroatoms. The van der Waals surface area contributed by atoms with Crippen LogP contribution in [0.25, 0.3) is 0 Å². The fourth-order valence-electron chi connectivity index (χ4n) is 3.31. The molecule has 72 valence electrons. The second-order valence-electron chi connectivity index (χ2n) is 5.32. The first-order valence-electron chi connectivity index (χ1n) is 5.57. The summed E-state index contributed by atoms with van der Waals surface area (Å²) >= 11 is 0. The molecular formula is C11H20BN. The van der Waals surface area contributed by atoms with Crippen molar-refractivity contribution in [1.29, 1.82) is 0 Å². The Balaban J connectivity index is 2.08. The second kappa shape index (κ2) is 3.31. The highest BCUT2D eigenvalue weighted by Gasteiger charge is 2.40. The van der Waals surface area contributed by atoms with E-state index >= 15 is 0 Å². The molecule has 0 amide bonds. The third-order valence-corrected chi connectivity index (χ3v) is 4.07. The number of rotatable bonds is 0. The van der Waals surface area contributed by atoms with E-state index < -0.39 is 0 Å². The lowest BCUT2D eigenvalue weighted by molar-refractivity contribution is 0.0753. The van der Waals surface area contributed by atoms with Crippen LogP contribution >= 0.6 is 0 Å². The molecule has 2 rings (SSSR count). The van der Waals surface area contributed by atoms with Crippen molar-refractivity contribution in [1.82, 2.24) is 4.90 Å². The lowest BCUT2D eigenvalue weighted by Crippen LogP contribution is -2.44. The number of hydrogen-bond acceptors (Lipinski definition) is 1. The normalized spacial score (nSPS) is 47.2. The molecule has 1 aliphatic heterocycles. The number of likely N-dealkylation sites (tertiary alicyclic amines) is 1. The topological polar surface area (TPSA) is 3.24 Å². The average molecular weight is 177 g/mol. The fourth-order valence-corrected chi connectivity index (χ4v) is 3.31. The summed E-state index contributed by atoms with van der Waals surface area (Å²) < 4.78 is 0. The molecule has 2 radical (unpaired) electrons. The van der Waals surface area contributed by atoms with E-state index in [0.29, 0.717) is 0 Å². The van der Waals surface area contributed by atoms with Crippen LogP contribution in [0, 0.1) is 11.8 Å². The molecule has 0 spiro atoms. The van der Waals surface area contributed by atoms with E-state index in [1.165, 1.54) is 38.8 Å². The second-order valence-corrected chi connectivity index (χ2v) is 5.32. The van der Waals surface area contributed by atoms with Crippen molar-refractivity contribution in [3.63, 3.8) is 0 Å². The molecule has 1 heterocycles.